The predicted molar refractivity (Wildman–Crippen MR) is 65.0 cm³/mol. The first kappa shape index (κ1) is 15.9. The Hall–Kier alpha value is -0.130. The predicted octanol–water partition coefficient (Wildman–Crippen LogP) is 2.34. The Morgan fingerprint density at radius 3 is 2.00 bits per heavy atom. The van der Waals surface area contributed by atoms with E-state index < -0.39 is 10.1 Å². The van der Waals surface area contributed by atoms with Crippen molar-refractivity contribution in [3.8, 4) is 0 Å². The fourth-order valence-corrected chi connectivity index (χ4v) is 1.67. The van der Waals surface area contributed by atoms with E-state index in [1.165, 1.54) is 19.3 Å². The smallest absolute Gasteiger partial charge is 0.264 e. The number of hydrogen-bond donors (Lipinski definition) is 0. The lowest BCUT2D eigenvalue weighted by Crippen LogP contribution is -2.05. The molecule has 0 radical (unpaired) electrons. The van der Waals surface area contributed by atoms with E-state index in [2.05, 4.69) is 11.1 Å². The monoisotopic (exact) mass is 252 g/mol. The fourth-order valence-electron chi connectivity index (χ4n) is 1.25. The van der Waals surface area contributed by atoms with Crippen molar-refractivity contribution >= 4 is 10.1 Å². The van der Waals surface area contributed by atoms with E-state index in [-0.39, 0.29) is 6.61 Å². The summed E-state index contributed by atoms with van der Waals surface area (Å²) in [6, 6.07) is 0. The number of rotatable bonds is 11. The summed E-state index contributed by atoms with van der Waals surface area (Å²) in [5.74, 6) is 0. The number of unbranched alkanes of at least 4 members (excludes halogenated alkanes) is 4. The molecule has 0 N–H and O–H groups in total. The van der Waals surface area contributed by atoms with Gasteiger partial charge in [0.05, 0.1) is 12.9 Å². The maximum atomic E-state index is 10.6. The molecule has 0 amide bonds. The van der Waals surface area contributed by atoms with Gasteiger partial charge in [0.2, 0.25) is 0 Å². The summed E-state index contributed by atoms with van der Waals surface area (Å²) in [6.07, 6.45) is 7.50. The van der Waals surface area contributed by atoms with Crippen LogP contribution in [0.5, 0.6) is 0 Å². The largest absolute Gasteiger partial charge is 0.381 e. The van der Waals surface area contributed by atoms with Crippen LogP contribution in [0.1, 0.15) is 45.4 Å². The lowest BCUT2D eigenvalue weighted by atomic mass is 10.2. The molecular weight excluding hydrogens is 228 g/mol. The van der Waals surface area contributed by atoms with Gasteiger partial charge < -0.3 is 4.74 Å². The SMILES string of the molecule is CCCCCCOCCCCOS(C)(=O)=O. The molecule has 0 aromatic heterocycles. The molecule has 0 aliphatic rings. The van der Waals surface area contributed by atoms with E-state index >= 15 is 0 Å². The van der Waals surface area contributed by atoms with Gasteiger partial charge in [-0.3, -0.25) is 4.18 Å². The molecule has 0 spiro atoms. The fraction of sp³-hybridized carbons (Fsp3) is 1.00. The second kappa shape index (κ2) is 10.1. The number of ether oxygens (including phenoxy) is 1. The van der Waals surface area contributed by atoms with Crippen LogP contribution in [-0.2, 0) is 19.0 Å². The Labute approximate surface area is 99.5 Å². The molecule has 0 fully saturated rings. The van der Waals surface area contributed by atoms with Crippen molar-refractivity contribution in [2.45, 2.75) is 45.4 Å². The molecule has 0 aliphatic heterocycles. The van der Waals surface area contributed by atoms with E-state index in [0.717, 1.165) is 32.1 Å². The quantitative estimate of drug-likeness (QED) is 0.418. The van der Waals surface area contributed by atoms with Crippen molar-refractivity contribution in [1.82, 2.24) is 0 Å². The highest BCUT2D eigenvalue weighted by Crippen LogP contribution is 2.00. The normalized spacial score (nSPS) is 11.9. The third-order valence-corrected chi connectivity index (χ3v) is 2.72. The van der Waals surface area contributed by atoms with Crippen LogP contribution in [-0.4, -0.2) is 34.5 Å². The topological polar surface area (TPSA) is 52.6 Å². The molecule has 0 saturated carbocycles. The van der Waals surface area contributed by atoms with Crippen LogP contribution in [0.4, 0.5) is 0 Å². The van der Waals surface area contributed by atoms with Gasteiger partial charge in [0.25, 0.3) is 10.1 Å². The van der Waals surface area contributed by atoms with Crippen LogP contribution < -0.4 is 0 Å². The van der Waals surface area contributed by atoms with Crippen LogP contribution in [0.3, 0.4) is 0 Å². The van der Waals surface area contributed by atoms with Crippen LogP contribution in [0, 0.1) is 0 Å². The molecule has 0 aromatic carbocycles. The Morgan fingerprint density at radius 2 is 1.44 bits per heavy atom. The van der Waals surface area contributed by atoms with Gasteiger partial charge in [-0.1, -0.05) is 26.2 Å². The second-order valence-corrected chi connectivity index (χ2v) is 5.55. The summed E-state index contributed by atoms with van der Waals surface area (Å²) in [5, 5.41) is 0. The molecule has 0 atom stereocenters. The summed E-state index contributed by atoms with van der Waals surface area (Å²) in [6.45, 7) is 3.95. The molecule has 0 saturated heterocycles. The summed E-state index contributed by atoms with van der Waals surface area (Å²) >= 11 is 0. The van der Waals surface area contributed by atoms with Crippen LogP contribution >= 0.6 is 0 Å². The van der Waals surface area contributed by atoms with Crippen molar-refractivity contribution in [2.75, 3.05) is 26.1 Å². The van der Waals surface area contributed by atoms with Crippen molar-refractivity contribution in [3.63, 3.8) is 0 Å². The first-order valence-electron chi connectivity index (χ1n) is 5.98. The van der Waals surface area contributed by atoms with Crippen LogP contribution in [0.15, 0.2) is 0 Å². The second-order valence-electron chi connectivity index (χ2n) is 3.91. The minimum absolute atomic E-state index is 0.262. The molecule has 5 heteroatoms. The van der Waals surface area contributed by atoms with E-state index in [0.29, 0.717) is 6.61 Å². The molecule has 0 heterocycles. The first-order valence-corrected chi connectivity index (χ1v) is 7.80. The van der Waals surface area contributed by atoms with Crippen molar-refractivity contribution in [1.29, 1.82) is 0 Å². The summed E-state index contributed by atoms with van der Waals surface area (Å²) in [4.78, 5) is 0. The van der Waals surface area contributed by atoms with Gasteiger partial charge in [0.15, 0.2) is 0 Å². The Morgan fingerprint density at radius 1 is 0.875 bits per heavy atom. The summed E-state index contributed by atoms with van der Waals surface area (Å²) in [5.41, 5.74) is 0. The van der Waals surface area contributed by atoms with E-state index in [1.807, 2.05) is 0 Å². The number of hydrogen-bond acceptors (Lipinski definition) is 4. The van der Waals surface area contributed by atoms with Gasteiger partial charge >= 0.3 is 0 Å². The van der Waals surface area contributed by atoms with Crippen molar-refractivity contribution in [2.24, 2.45) is 0 Å². The highest BCUT2D eigenvalue weighted by Gasteiger charge is 2.00. The standard InChI is InChI=1S/C11H24O4S/c1-3-4-5-6-9-14-10-7-8-11-15-16(2,12)13/h3-11H2,1-2H3. The molecule has 0 unspecified atom stereocenters. The van der Waals surface area contributed by atoms with Gasteiger partial charge in [-0.15, -0.1) is 0 Å². The molecule has 16 heavy (non-hydrogen) atoms. The molecule has 0 bridgehead atoms. The van der Waals surface area contributed by atoms with Crippen LogP contribution in [0.2, 0.25) is 0 Å². The third kappa shape index (κ3) is 13.9. The minimum Gasteiger partial charge on any atom is -0.381 e. The Bertz CT molecular complexity index is 236. The molecule has 4 nitrogen and oxygen atoms in total. The maximum Gasteiger partial charge on any atom is 0.264 e. The zero-order valence-corrected chi connectivity index (χ0v) is 11.2. The van der Waals surface area contributed by atoms with Crippen LogP contribution in [0.25, 0.3) is 0 Å². The molecule has 98 valence electrons. The Kier molecular flexibility index (Phi) is 9.97. The molecule has 0 aromatic rings. The highest BCUT2D eigenvalue weighted by atomic mass is 32.2. The molecular formula is C11H24O4S. The van der Waals surface area contributed by atoms with E-state index in [1.54, 1.807) is 0 Å². The van der Waals surface area contributed by atoms with E-state index in [9.17, 15) is 8.42 Å². The molecule has 0 aliphatic carbocycles. The summed E-state index contributed by atoms with van der Waals surface area (Å²) in [7, 11) is -3.27. The van der Waals surface area contributed by atoms with Gasteiger partial charge in [-0.25, -0.2) is 0 Å². The zero-order chi connectivity index (χ0) is 12.3. The van der Waals surface area contributed by atoms with Gasteiger partial charge in [-0.05, 0) is 19.3 Å². The van der Waals surface area contributed by atoms with Gasteiger partial charge in [-0.2, -0.15) is 8.42 Å². The van der Waals surface area contributed by atoms with Crippen molar-refractivity contribution in [3.05, 3.63) is 0 Å². The zero-order valence-electron chi connectivity index (χ0n) is 10.4. The average molecular weight is 252 g/mol. The highest BCUT2D eigenvalue weighted by molar-refractivity contribution is 7.85. The van der Waals surface area contributed by atoms with E-state index in [4.69, 9.17) is 4.74 Å². The van der Waals surface area contributed by atoms with Gasteiger partial charge in [0.1, 0.15) is 0 Å². The third-order valence-electron chi connectivity index (χ3n) is 2.12. The molecule has 0 rings (SSSR count). The summed E-state index contributed by atoms with van der Waals surface area (Å²) < 4.78 is 31.2. The maximum absolute atomic E-state index is 10.6. The lowest BCUT2D eigenvalue weighted by Gasteiger charge is -2.04. The first-order chi connectivity index (χ1) is 7.56. The van der Waals surface area contributed by atoms with Gasteiger partial charge in [0, 0.05) is 13.2 Å². The minimum atomic E-state index is -3.27. The van der Waals surface area contributed by atoms with Crippen molar-refractivity contribution < 1.29 is 17.3 Å². The average Bonchev–Trinajstić information content (AvgIpc) is 2.19. The lowest BCUT2D eigenvalue weighted by molar-refractivity contribution is 0.123. The Balaban J connectivity index is 3.05.